The second kappa shape index (κ2) is 9.95. The van der Waals surface area contributed by atoms with Gasteiger partial charge in [-0.2, -0.15) is 10.2 Å². The summed E-state index contributed by atoms with van der Waals surface area (Å²) < 4.78 is 0. The lowest BCUT2D eigenvalue weighted by molar-refractivity contribution is 0.828. The zero-order chi connectivity index (χ0) is 17.9. The van der Waals surface area contributed by atoms with Crippen LogP contribution in [0, 0.1) is 23.2 Å². The van der Waals surface area contributed by atoms with Crippen molar-refractivity contribution in [2.24, 2.45) is 0 Å². The summed E-state index contributed by atoms with van der Waals surface area (Å²) in [5.41, 5.74) is 2.27. The molecule has 0 unspecified atom stereocenters. The number of anilines is 3. The Morgan fingerprint density at radius 2 is 1.92 bits per heavy atom. The maximum atomic E-state index is 8.86. The van der Waals surface area contributed by atoms with Gasteiger partial charge in [0, 0.05) is 18.7 Å². The molecule has 2 aromatic rings. The van der Waals surface area contributed by atoms with Crippen LogP contribution < -0.4 is 10.6 Å². The highest BCUT2D eigenvalue weighted by atomic mass is 15.1. The molecule has 5 nitrogen and oxygen atoms in total. The van der Waals surface area contributed by atoms with Crippen LogP contribution in [0.25, 0.3) is 0 Å². The first kappa shape index (κ1) is 18.3. The van der Waals surface area contributed by atoms with E-state index < -0.39 is 0 Å². The van der Waals surface area contributed by atoms with Crippen molar-refractivity contribution in [2.45, 2.75) is 39.5 Å². The lowest BCUT2D eigenvalue weighted by Crippen LogP contribution is -2.07. The minimum absolute atomic E-state index is 0.502. The van der Waals surface area contributed by atoms with E-state index in [4.69, 9.17) is 5.26 Å². The van der Waals surface area contributed by atoms with Gasteiger partial charge in [-0.25, -0.2) is 4.98 Å². The first-order valence-electron chi connectivity index (χ1n) is 8.63. The van der Waals surface area contributed by atoms with E-state index in [0.29, 0.717) is 11.5 Å². The minimum atomic E-state index is 0.502. The molecule has 0 saturated heterocycles. The molecular formula is C20H23N5. The van der Waals surface area contributed by atoms with E-state index in [1.54, 1.807) is 18.3 Å². The van der Waals surface area contributed by atoms with Crippen molar-refractivity contribution in [3.05, 3.63) is 41.6 Å². The van der Waals surface area contributed by atoms with Crippen molar-refractivity contribution in [1.82, 2.24) is 9.97 Å². The van der Waals surface area contributed by atoms with Crippen molar-refractivity contribution >= 4 is 17.5 Å². The molecular weight excluding hydrogens is 310 g/mol. The number of nitrogens with zero attached hydrogens (tertiary/aromatic N) is 3. The summed E-state index contributed by atoms with van der Waals surface area (Å²) in [6.45, 7) is 5.09. The average molecular weight is 333 g/mol. The van der Waals surface area contributed by atoms with Crippen LogP contribution >= 0.6 is 0 Å². The summed E-state index contributed by atoms with van der Waals surface area (Å²) in [6.07, 6.45) is 5.87. The summed E-state index contributed by atoms with van der Waals surface area (Å²) in [4.78, 5) is 8.90. The Labute approximate surface area is 149 Å². The molecule has 2 rings (SSSR count). The largest absolute Gasteiger partial charge is 0.369 e. The molecule has 0 aliphatic heterocycles. The third-order valence-electron chi connectivity index (χ3n) is 3.48. The van der Waals surface area contributed by atoms with Gasteiger partial charge in [-0.1, -0.05) is 32.1 Å². The molecule has 0 atom stereocenters. The Bertz CT molecular complexity index is 778. The summed E-state index contributed by atoms with van der Waals surface area (Å²) in [6, 6.07) is 9.28. The van der Waals surface area contributed by atoms with Crippen molar-refractivity contribution in [2.75, 3.05) is 17.2 Å². The van der Waals surface area contributed by atoms with Crippen molar-refractivity contribution < 1.29 is 0 Å². The molecule has 1 aromatic carbocycles. The number of aromatic nitrogens is 2. The molecule has 5 heteroatoms. The van der Waals surface area contributed by atoms with E-state index in [1.165, 1.54) is 0 Å². The fourth-order valence-corrected chi connectivity index (χ4v) is 2.09. The topological polar surface area (TPSA) is 73.6 Å². The molecule has 25 heavy (non-hydrogen) atoms. The predicted molar refractivity (Wildman–Crippen MR) is 102 cm³/mol. The zero-order valence-corrected chi connectivity index (χ0v) is 14.8. The molecule has 0 saturated carbocycles. The molecule has 0 spiro atoms. The number of benzene rings is 1. The van der Waals surface area contributed by atoms with Crippen LogP contribution in [0.1, 0.15) is 50.7 Å². The minimum Gasteiger partial charge on any atom is -0.369 e. The standard InChI is InChI=1S/C20H23N5/c1-3-5-6-7-8-17-15-23-20(25-19(17)22-13-4-2)24-18-11-9-16(14-21)10-12-18/h9-12,15H,3-6,13H2,1-2H3,(H2,22,23,24,25). The fourth-order valence-electron chi connectivity index (χ4n) is 2.09. The second-order valence-electron chi connectivity index (χ2n) is 5.60. The van der Waals surface area contributed by atoms with Gasteiger partial charge in [0.15, 0.2) is 0 Å². The Morgan fingerprint density at radius 3 is 2.60 bits per heavy atom. The Balaban J connectivity index is 2.17. The Morgan fingerprint density at radius 1 is 1.12 bits per heavy atom. The molecule has 1 aromatic heterocycles. The van der Waals surface area contributed by atoms with E-state index >= 15 is 0 Å². The second-order valence-corrected chi connectivity index (χ2v) is 5.60. The average Bonchev–Trinajstić information content (AvgIpc) is 2.65. The van der Waals surface area contributed by atoms with Gasteiger partial charge in [0.05, 0.1) is 23.4 Å². The van der Waals surface area contributed by atoms with Gasteiger partial charge >= 0.3 is 0 Å². The highest BCUT2D eigenvalue weighted by Crippen LogP contribution is 2.17. The highest BCUT2D eigenvalue weighted by molar-refractivity contribution is 5.60. The van der Waals surface area contributed by atoms with Crippen LogP contribution in [0.3, 0.4) is 0 Å². The zero-order valence-electron chi connectivity index (χ0n) is 14.8. The van der Waals surface area contributed by atoms with Crippen molar-refractivity contribution in [3.63, 3.8) is 0 Å². The van der Waals surface area contributed by atoms with Gasteiger partial charge in [-0.05, 0) is 37.1 Å². The highest BCUT2D eigenvalue weighted by Gasteiger charge is 2.06. The quantitative estimate of drug-likeness (QED) is 0.578. The summed E-state index contributed by atoms with van der Waals surface area (Å²) >= 11 is 0. The SMILES string of the molecule is CCCCC#Cc1cnc(Nc2ccc(C#N)cc2)nc1NCCC. The number of hydrogen-bond donors (Lipinski definition) is 2. The van der Waals surface area contributed by atoms with Gasteiger partial charge < -0.3 is 10.6 Å². The van der Waals surface area contributed by atoms with Crippen LogP contribution in [0.5, 0.6) is 0 Å². The van der Waals surface area contributed by atoms with Gasteiger partial charge in [0.1, 0.15) is 5.82 Å². The molecule has 0 amide bonds. The van der Waals surface area contributed by atoms with Gasteiger partial charge in [0.25, 0.3) is 0 Å². The number of nitrogens with one attached hydrogen (secondary N) is 2. The van der Waals surface area contributed by atoms with Gasteiger partial charge in [0.2, 0.25) is 5.95 Å². The van der Waals surface area contributed by atoms with Crippen LogP contribution in [0.15, 0.2) is 30.5 Å². The van der Waals surface area contributed by atoms with Crippen molar-refractivity contribution in [1.29, 1.82) is 5.26 Å². The van der Waals surface area contributed by atoms with E-state index in [9.17, 15) is 0 Å². The lowest BCUT2D eigenvalue weighted by atomic mass is 10.2. The smallest absolute Gasteiger partial charge is 0.229 e. The van der Waals surface area contributed by atoms with Crippen LogP contribution in [-0.4, -0.2) is 16.5 Å². The third kappa shape index (κ3) is 5.82. The number of rotatable bonds is 7. The van der Waals surface area contributed by atoms with E-state index in [0.717, 1.165) is 49.3 Å². The molecule has 0 aliphatic carbocycles. The maximum Gasteiger partial charge on any atom is 0.229 e. The predicted octanol–water partition coefficient (Wildman–Crippen LogP) is 4.46. The number of hydrogen-bond acceptors (Lipinski definition) is 5. The van der Waals surface area contributed by atoms with Crippen LogP contribution in [0.2, 0.25) is 0 Å². The molecule has 128 valence electrons. The summed E-state index contributed by atoms with van der Waals surface area (Å²) in [5.74, 6) is 7.59. The molecule has 0 fully saturated rings. The van der Waals surface area contributed by atoms with E-state index in [1.807, 2.05) is 12.1 Å². The van der Waals surface area contributed by atoms with Gasteiger partial charge in [-0.15, -0.1) is 0 Å². The Hall–Kier alpha value is -3.05. The maximum absolute atomic E-state index is 8.86. The van der Waals surface area contributed by atoms with Crippen LogP contribution in [-0.2, 0) is 0 Å². The molecule has 0 radical (unpaired) electrons. The number of unbranched alkanes of at least 4 members (excludes halogenated alkanes) is 2. The molecule has 0 aliphatic rings. The number of nitriles is 1. The van der Waals surface area contributed by atoms with E-state index in [-0.39, 0.29) is 0 Å². The summed E-state index contributed by atoms with van der Waals surface area (Å²) in [5, 5.41) is 15.3. The fraction of sp³-hybridized carbons (Fsp3) is 0.350. The molecule has 1 heterocycles. The van der Waals surface area contributed by atoms with Crippen LogP contribution in [0.4, 0.5) is 17.5 Å². The van der Waals surface area contributed by atoms with Gasteiger partial charge in [-0.3, -0.25) is 0 Å². The summed E-state index contributed by atoms with van der Waals surface area (Å²) in [7, 11) is 0. The third-order valence-corrected chi connectivity index (χ3v) is 3.48. The lowest BCUT2D eigenvalue weighted by Gasteiger charge is -2.10. The molecule has 2 N–H and O–H groups in total. The first-order valence-corrected chi connectivity index (χ1v) is 8.63. The normalized spacial score (nSPS) is 9.64. The van der Waals surface area contributed by atoms with Crippen molar-refractivity contribution in [3.8, 4) is 17.9 Å². The Kier molecular flexibility index (Phi) is 7.28. The molecule has 0 bridgehead atoms. The van der Waals surface area contributed by atoms with E-state index in [2.05, 4.69) is 52.4 Å². The monoisotopic (exact) mass is 333 g/mol. The first-order chi connectivity index (χ1) is 12.3.